The van der Waals surface area contributed by atoms with Crippen LogP contribution in [0.5, 0.6) is 5.75 Å². The molecule has 128 valence electrons. The van der Waals surface area contributed by atoms with Gasteiger partial charge in [0.15, 0.2) is 0 Å². The van der Waals surface area contributed by atoms with E-state index in [0.717, 1.165) is 11.1 Å². The van der Waals surface area contributed by atoms with E-state index in [1.807, 2.05) is 48.5 Å². The number of benzene rings is 3. The molecule has 5 heteroatoms. The summed E-state index contributed by atoms with van der Waals surface area (Å²) in [7, 11) is -2.12. The second-order valence-corrected chi connectivity index (χ2v) is 7.28. The monoisotopic (exact) mass is 353 g/mol. The molecule has 3 aromatic carbocycles. The molecule has 0 saturated carbocycles. The molecule has 3 rings (SSSR count). The molecule has 0 heterocycles. The molecule has 4 nitrogen and oxygen atoms in total. The van der Waals surface area contributed by atoms with Gasteiger partial charge in [0.2, 0.25) is 0 Å². The van der Waals surface area contributed by atoms with Gasteiger partial charge < -0.3 is 4.74 Å². The Labute approximate surface area is 148 Å². The lowest BCUT2D eigenvalue weighted by Gasteiger charge is -2.13. The van der Waals surface area contributed by atoms with E-state index >= 15 is 0 Å². The van der Waals surface area contributed by atoms with E-state index in [2.05, 4.69) is 4.72 Å². The van der Waals surface area contributed by atoms with Gasteiger partial charge >= 0.3 is 0 Å². The van der Waals surface area contributed by atoms with Crippen LogP contribution in [0.3, 0.4) is 0 Å². The van der Waals surface area contributed by atoms with Crippen LogP contribution in [0.1, 0.15) is 11.1 Å². The SMILES string of the molecule is COc1ccc(S(=O)(=O)Nc2ccccc2Cc2ccccc2)cc1. The van der Waals surface area contributed by atoms with Gasteiger partial charge in [0, 0.05) is 0 Å². The number of ether oxygens (including phenoxy) is 1. The van der Waals surface area contributed by atoms with E-state index in [0.29, 0.717) is 17.9 Å². The van der Waals surface area contributed by atoms with Crippen molar-refractivity contribution in [2.24, 2.45) is 0 Å². The maximum absolute atomic E-state index is 12.7. The first-order chi connectivity index (χ1) is 12.1. The minimum atomic E-state index is -3.66. The number of methoxy groups -OCH3 is 1. The average molecular weight is 353 g/mol. The van der Waals surface area contributed by atoms with Crippen LogP contribution < -0.4 is 9.46 Å². The lowest BCUT2D eigenvalue weighted by atomic mass is 10.0. The van der Waals surface area contributed by atoms with Crippen LogP contribution in [0.2, 0.25) is 0 Å². The molecule has 0 bridgehead atoms. The van der Waals surface area contributed by atoms with Crippen LogP contribution in [-0.2, 0) is 16.4 Å². The normalized spacial score (nSPS) is 11.1. The highest BCUT2D eigenvalue weighted by molar-refractivity contribution is 7.92. The molecule has 0 saturated heterocycles. The first-order valence-corrected chi connectivity index (χ1v) is 9.35. The van der Waals surface area contributed by atoms with Gasteiger partial charge in [0.1, 0.15) is 5.75 Å². The van der Waals surface area contributed by atoms with E-state index in [9.17, 15) is 8.42 Å². The number of sulfonamides is 1. The van der Waals surface area contributed by atoms with Gasteiger partial charge in [-0.05, 0) is 47.9 Å². The molecule has 0 aliphatic rings. The summed E-state index contributed by atoms with van der Waals surface area (Å²) in [5.41, 5.74) is 2.63. The number of para-hydroxylation sites is 1. The molecule has 1 N–H and O–H groups in total. The Balaban J connectivity index is 1.86. The summed E-state index contributed by atoms with van der Waals surface area (Å²) in [6.45, 7) is 0. The van der Waals surface area contributed by atoms with Crippen molar-refractivity contribution in [3.63, 3.8) is 0 Å². The maximum atomic E-state index is 12.7. The van der Waals surface area contributed by atoms with Crippen LogP contribution in [-0.4, -0.2) is 15.5 Å². The van der Waals surface area contributed by atoms with Crippen LogP contribution >= 0.6 is 0 Å². The number of anilines is 1. The fraction of sp³-hybridized carbons (Fsp3) is 0.100. The zero-order valence-corrected chi connectivity index (χ0v) is 14.7. The molecule has 25 heavy (non-hydrogen) atoms. The number of rotatable bonds is 6. The Morgan fingerprint density at radius 3 is 2.16 bits per heavy atom. The zero-order chi connectivity index (χ0) is 17.7. The minimum Gasteiger partial charge on any atom is -0.497 e. The summed E-state index contributed by atoms with van der Waals surface area (Å²) >= 11 is 0. The third-order valence-corrected chi connectivity index (χ3v) is 5.25. The Morgan fingerprint density at radius 2 is 1.48 bits per heavy atom. The van der Waals surface area contributed by atoms with Gasteiger partial charge in [0.05, 0.1) is 17.7 Å². The van der Waals surface area contributed by atoms with E-state index in [1.54, 1.807) is 25.3 Å². The van der Waals surface area contributed by atoms with Crippen molar-refractivity contribution < 1.29 is 13.2 Å². The molecule has 0 unspecified atom stereocenters. The fourth-order valence-electron chi connectivity index (χ4n) is 2.55. The van der Waals surface area contributed by atoms with Crippen molar-refractivity contribution in [1.29, 1.82) is 0 Å². The number of hydrogen-bond donors (Lipinski definition) is 1. The zero-order valence-electron chi connectivity index (χ0n) is 13.8. The summed E-state index contributed by atoms with van der Waals surface area (Å²) in [6, 6.07) is 23.7. The topological polar surface area (TPSA) is 55.4 Å². The molecule has 0 radical (unpaired) electrons. The van der Waals surface area contributed by atoms with Crippen LogP contribution in [0.25, 0.3) is 0 Å². The summed E-state index contributed by atoms with van der Waals surface area (Å²) in [6.07, 6.45) is 0.655. The Kier molecular flexibility index (Phi) is 5.05. The predicted octanol–water partition coefficient (Wildman–Crippen LogP) is 4.09. The van der Waals surface area contributed by atoms with E-state index in [4.69, 9.17) is 4.74 Å². The summed E-state index contributed by atoms with van der Waals surface area (Å²) in [5.74, 6) is 0.614. The van der Waals surface area contributed by atoms with Gasteiger partial charge in [0.25, 0.3) is 10.0 Å². The molecule has 3 aromatic rings. The van der Waals surface area contributed by atoms with Gasteiger partial charge in [-0.15, -0.1) is 0 Å². The second kappa shape index (κ2) is 7.40. The smallest absolute Gasteiger partial charge is 0.261 e. The predicted molar refractivity (Wildman–Crippen MR) is 99.5 cm³/mol. The first kappa shape index (κ1) is 17.0. The maximum Gasteiger partial charge on any atom is 0.261 e. The van der Waals surface area contributed by atoms with E-state index < -0.39 is 10.0 Å². The lowest BCUT2D eigenvalue weighted by molar-refractivity contribution is 0.414. The van der Waals surface area contributed by atoms with Gasteiger partial charge in [-0.25, -0.2) is 8.42 Å². The van der Waals surface area contributed by atoms with Gasteiger partial charge in [-0.1, -0.05) is 48.5 Å². The van der Waals surface area contributed by atoms with Gasteiger partial charge in [-0.3, -0.25) is 4.72 Å². The van der Waals surface area contributed by atoms with Crippen molar-refractivity contribution in [3.05, 3.63) is 90.0 Å². The quantitative estimate of drug-likeness (QED) is 0.726. The molecule has 0 spiro atoms. The fourth-order valence-corrected chi connectivity index (χ4v) is 3.65. The third kappa shape index (κ3) is 4.19. The van der Waals surface area contributed by atoms with Crippen molar-refractivity contribution in [2.75, 3.05) is 11.8 Å². The summed E-state index contributed by atoms with van der Waals surface area (Å²) in [5, 5.41) is 0. The Hall–Kier alpha value is -2.79. The summed E-state index contributed by atoms with van der Waals surface area (Å²) in [4.78, 5) is 0.197. The van der Waals surface area contributed by atoms with E-state index in [-0.39, 0.29) is 4.90 Å². The molecule has 0 aliphatic carbocycles. The average Bonchev–Trinajstić information content (AvgIpc) is 2.64. The standard InChI is InChI=1S/C20H19NO3S/c1-24-18-11-13-19(14-12-18)25(22,23)21-20-10-6-5-9-17(20)15-16-7-3-2-4-8-16/h2-14,21H,15H2,1H3. The Morgan fingerprint density at radius 1 is 0.840 bits per heavy atom. The van der Waals surface area contributed by atoms with Crippen molar-refractivity contribution in [1.82, 2.24) is 0 Å². The molecular weight excluding hydrogens is 334 g/mol. The van der Waals surface area contributed by atoms with Crippen LogP contribution in [0, 0.1) is 0 Å². The van der Waals surface area contributed by atoms with Crippen LogP contribution in [0.4, 0.5) is 5.69 Å². The molecular formula is C20H19NO3S. The van der Waals surface area contributed by atoms with E-state index in [1.165, 1.54) is 12.1 Å². The highest BCUT2D eigenvalue weighted by Crippen LogP contribution is 2.23. The summed E-state index contributed by atoms with van der Waals surface area (Å²) < 4.78 is 33.1. The first-order valence-electron chi connectivity index (χ1n) is 7.87. The minimum absolute atomic E-state index is 0.197. The second-order valence-electron chi connectivity index (χ2n) is 5.60. The van der Waals surface area contributed by atoms with Crippen molar-refractivity contribution in [2.45, 2.75) is 11.3 Å². The largest absolute Gasteiger partial charge is 0.497 e. The van der Waals surface area contributed by atoms with Crippen molar-refractivity contribution in [3.8, 4) is 5.75 Å². The molecule has 0 aromatic heterocycles. The van der Waals surface area contributed by atoms with Crippen molar-refractivity contribution >= 4 is 15.7 Å². The highest BCUT2D eigenvalue weighted by atomic mass is 32.2. The molecule has 0 fully saturated rings. The Bertz CT molecular complexity index is 936. The number of hydrogen-bond acceptors (Lipinski definition) is 3. The molecule has 0 aliphatic heterocycles. The molecule has 0 atom stereocenters. The third-order valence-electron chi connectivity index (χ3n) is 3.87. The highest BCUT2D eigenvalue weighted by Gasteiger charge is 2.16. The van der Waals surface area contributed by atoms with Crippen LogP contribution in [0.15, 0.2) is 83.8 Å². The molecule has 0 amide bonds. The lowest BCUT2D eigenvalue weighted by Crippen LogP contribution is -2.14. The van der Waals surface area contributed by atoms with Gasteiger partial charge in [-0.2, -0.15) is 0 Å². The number of nitrogens with one attached hydrogen (secondary N) is 1.